The van der Waals surface area contributed by atoms with Gasteiger partial charge < -0.3 is 15.5 Å². The van der Waals surface area contributed by atoms with Crippen molar-refractivity contribution in [2.24, 2.45) is 10.7 Å². The lowest BCUT2D eigenvalue weighted by atomic mass is 10.2. The van der Waals surface area contributed by atoms with E-state index in [1.807, 2.05) is 12.1 Å². The lowest BCUT2D eigenvalue weighted by Crippen LogP contribution is -2.51. The lowest BCUT2D eigenvalue weighted by molar-refractivity contribution is 0.380. The number of benzene rings is 1. The molecule has 1 fully saturated rings. The molecule has 1 aliphatic heterocycles. The van der Waals surface area contributed by atoms with Crippen molar-refractivity contribution in [1.82, 2.24) is 4.90 Å². The van der Waals surface area contributed by atoms with Crippen LogP contribution >= 0.6 is 35.7 Å². The summed E-state index contributed by atoms with van der Waals surface area (Å²) in [6.45, 7) is 8.47. The quantitative estimate of drug-likeness (QED) is 0.434. The van der Waals surface area contributed by atoms with Crippen molar-refractivity contribution in [3.05, 3.63) is 30.1 Å². The second kappa shape index (κ2) is 8.96. The molecular formula is C16H26FIN4S. The van der Waals surface area contributed by atoms with E-state index in [-0.39, 0.29) is 34.5 Å². The van der Waals surface area contributed by atoms with Gasteiger partial charge in [-0.05, 0) is 44.4 Å². The highest BCUT2D eigenvalue weighted by atomic mass is 127. The molecule has 2 N–H and O–H groups in total. The zero-order valence-electron chi connectivity index (χ0n) is 14.0. The van der Waals surface area contributed by atoms with Crippen LogP contribution in [-0.4, -0.2) is 54.6 Å². The standard InChI is InChI=1S/C16H25FN4S.HI/c1-16(2,22-3)12-19-15(18)21-10-8-20(9-11-21)14-6-4-13(17)5-7-14;/h4-7H,8-12H2,1-3H3,(H2,18,19);1H. The fourth-order valence-corrected chi connectivity index (χ4v) is 2.48. The van der Waals surface area contributed by atoms with Gasteiger partial charge in [0.15, 0.2) is 5.96 Å². The number of rotatable bonds is 4. The van der Waals surface area contributed by atoms with E-state index in [0.29, 0.717) is 5.96 Å². The molecule has 1 aromatic carbocycles. The van der Waals surface area contributed by atoms with Crippen LogP contribution in [-0.2, 0) is 0 Å². The van der Waals surface area contributed by atoms with Gasteiger partial charge in [-0.15, -0.1) is 24.0 Å². The molecule has 0 spiro atoms. The molecule has 0 unspecified atom stereocenters. The number of hydrogen-bond acceptors (Lipinski definition) is 3. The first-order chi connectivity index (χ1) is 10.4. The largest absolute Gasteiger partial charge is 0.370 e. The Hall–Kier alpha value is -0.700. The van der Waals surface area contributed by atoms with Crippen molar-refractivity contribution in [2.75, 3.05) is 43.9 Å². The number of halogens is 2. The van der Waals surface area contributed by atoms with Gasteiger partial charge in [-0.1, -0.05) is 0 Å². The zero-order valence-corrected chi connectivity index (χ0v) is 17.1. The number of nitrogens with zero attached hydrogens (tertiary/aromatic N) is 3. The van der Waals surface area contributed by atoms with Crippen LogP contribution in [0.4, 0.5) is 10.1 Å². The lowest BCUT2D eigenvalue weighted by Gasteiger charge is -2.36. The average Bonchev–Trinajstić information content (AvgIpc) is 2.54. The molecule has 0 radical (unpaired) electrons. The molecule has 0 aliphatic carbocycles. The topological polar surface area (TPSA) is 44.9 Å². The van der Waals surface area contributed by atoms with E-state index in [2.05, 4.69) is 34.9 Å². The highest BCUT2D eigenvalue weighted by Crippen LogP contribution is 2.21. The van der Waals surface area contributed by atoms with Crippen molar-refractivity contribution in [2.45, 2.75) is 18.6 Å². The fraction of sp³-hybridized carbons (Fsp3) is 0.562. The van der Waals surface area contributed by atoms with Crippen LogP contribution in [0.1, 0.15) is 13.8 Å². The summed E-state index contributed by atoms with van der Waals surface area (Å²) < 4.78 is 13.1. The van der Waals surface area contributed by atoms with Gasteiger partial charge >= 0.3 is 0 Å². The van der Waals surface area contributed by atoms with E-state index >= 15 is 0 Å². The molecule has 1 heterocycles. The van der Waals surface area contributed by atoms with Crippen molar-refractivity contribution < 1.29 is 4.39 Å². The Bertz CT molecular complexity index is 513. The van der Waals surface area contributed by atoms with E-state index in [0.717, 1.165) is 38.4 Å². The number of guanidine groups is 1. The van der Waals surface area contributed by atoms with Gasteiger partial charge in [0.1, 0.15) is 5.82 Å². The SMILES string of the molecule is CSC(C)(C)CN=C(N)N1CCN(c2ccc(F)cc2)CC1.I. The molecule has 23 heavy (non-hydrogen) atoms. The number of aliphatic imine (C=N–C) groups is 1. The van der Waals surface area contributed by atoms with Crippen LogP contribution in [0, 0.1) is 5.82 Å². The summed E-state index contributed by atoms with van der Waals surface area (Å²) in [5, 5.41) is 0. The van der Waals surface area contributed by atoms with Crippen molar-refractivity contribution in [3.63, 3.8) is 0 Å². The Morgan fingerprint density at radius 3 is 2.30 bits per heavy atom. The Balaban J connectivity index is 0.00000264. The minimum absolute atomic E-state index is 0. The second-order valence-corrected chi connectivity index (χ2v) is 7.60. The van der Waals surface area contributed by atoms with Crippen LogP contribution < -0.4 is 10.6 Å². The van der Waals surface area contributed by atoms with Crippen LogP contribution in [0.5, 0.6) is 0 Å². The monoisotopic (exact) mass is 452 g/mol. The van der Waals surface area contributed by atoms with Gasteiger partial charge in [0, 0.05) is 36.6 Å². The molecule has 4 nitrogen and oxygen atoms in total. The smallest absolute Gasteiger partial charge is 0.191 e. The third-order valence-electron chi connectivity index (χ3n) is 3.97. The summed E-state index contributed by atoms with van der Waals surface area (Å²) in [5.41, 5.74) is 7.17. The molecule has 1 aliphatic rings. The number of thioether (sulfide) groups is 1. The van der Waals surface area contributed by atoms with Gasteiger partial charge in [0.2, 0.25) is 0 Å². The summed E-state index contributed by atoms with van der Waals surface area (Å²) in [6, 6.07) is 6.65. The Kier molecular flexibility index (Phi) is 7.93. The summed E-state index contributed by atoms with van der Waals surface area (Å²) in [6.07, 6.45) is 2.09. The first kappa shape index (κ1) is 20.3. The third-order valence-corrected chi connectivity index (χ3v) is 5.20. The third kappa shape index (κ3) is 6.02. The van der Waals surface area contributed by atoms with E-state index in [1.165, 1.54) is 12.1 Å². The van der Waals surface area contributed by atoms with Gasteiger partial charge in [0.25, 0.3) is 0 Å². The molecule has 1 saturated heterocycles. The second-order valence-electron chi connectivity index (χ2n) is 6.09. The molecule has 1 aromatic rings. The van der Waals surface area contributed by atoms with E-state index in [4.69, 9.17) is 5.73 Å². The molecule has 0 atom stereocenters. The van der Waals surface area contributed by atoms with E-state index in [1.54, 1.807) is 11.8 Å². The van der Waals surface area contributed by atoms with Crippen molar-refractivity contribution >= 4 is 47.4 Å². The first-order valence-corrected chi connectivity index (χ1v) is 8.74. The van der Waals surface area contributed by atoms with Crippen molar-refractivity contribution in [3.8, 4) is 0 Å². The molecule has 2 rings (SSSR count). The van der Waals surface area contributed by atoms with Crippen LogP contribution in [0.2, 0.25) is 0 Å². The van der Waals surface area contributed by atoms with Crippen LogP contribution in [0.15, 0.2) is 29.3 Å². The average molecular weight is 452 g/mol. The molecule has 7 heteroatoms. The molecule has 0 amide bonds. The zero-order chi connectivity index (χ0) is 16.2. The van der Waals surface area contributed by atoms with Crippen molar-refractivity contribution in [1.29, 1.82) is 0 Å². The minimum Gasteiger partial charge on any atom is -0.370 e. The molecular weight excluding hydrogens is 426 g/mol. The Labute approximate surface area is 159 Å². The fourth-order valence-electron chi connectivity index (χ4n) is 2.28. The number of nitrogens with two attached hydrogens (primary N) is 1. The highest BCUT2D eigenvalue weighted by Gasteiger charge is 2.20. The van der Waals surface area contributed by atoms with Crippen LogP contribution in [0.3, 0.4) is 0 Å². The number of anilines is 1. The van der Waals surface area contributed by atoms with E-state index in [9.17, 15) is 4.39 Å². The Morgan fingerprint density at radius 2 is 1.78 bits per heavy atom. The molecule has 130 valence electrons. The molecule has 0 bridgehead atoms. The summed E-state index contributed by atoms with van der Waals surface area (Å²) >= 11 is 1.79. The first-order valence-electron chi connectivity index (χ1n) is 7.52. The maximum absolute atomic E-state index is 13.0. The van der Waals surface area contributed by atoms with E-state index < -0.39 is 0 Å². The summed E-state index contributed by atoms with van der Waals surface area (Å²) in [7, 11) is 0. The predicted octanol–water partition coefficient (Wildman–Crippen LogP) is 3.02. The normalized spacial score (nSPS) is 16.3. The molecule has 0 saturated carbocycles. The maximum atomic E-state index is 13.0. The minimum atomic E-state index is -0.199. The van der Waals surface area contributed by atoms with Crippen LogP contribution in [0.25, 0.3) is 0 Å². The predicted molar refractivity (Wildman–Crippen MR) is 110 cm³/mol. The maximum Gasteiger partial charge on any atom is 0.191 e. The highest BCUT2D eigenvalue weighted by molar-refractivity contribution is 14.0. The van der Waals surface area contributed by atoms with Gasteiger partial charge in [-0.2, -0.15) is 11.8 Å². The number of piperazine rings is 1. The van der Waals surface area contributed by atoms with Gasteiger partial charge in [-0.3, -0.25) is 4.99 Å². The van der Waals surface area contributed by atoms with Gasteiger partial charge in [-0.25, -0.2) is 4.39 Å². The summed E-state index contributed by atoms with van der Waals surface area (Å²) in [4.78, 5) is 8.90. The summed E-state index contributed by atoms with van der Waals surface area (Å²) in [5.74, 6) is 0.427. The van der Waals surface area contributed by atoms with Gasteiger partial charge in [0.05, 0.1) is 6.54 Å². The number of hydrogen-bond donors (Lipinski definition) is 1. The molecule has 0 aromatic heterocycles. The Morgan fingerprint density at radius 1 is 1.22 bits per heavy atom.